The van der Waals surface area contributed by atoms with Crippen LogP contribution in [0.2, 0.25) is 0 Å². The van der Waals surface area contributed by atoms with Gasteiger partial charge in [-0.15, -0.1) is 0 Å². The van der Waals surface area contributed by atoms with Crippen LogP contribution in [0.4, 0.5) is 5.69 Å². The fourth-order valence-corrected chi connectivity index (χ4v) is 2.21. The van der Waals surface area contributed by atoms with Crippen LogP contribution in [0.3, 0.4) is 0 Å². The number of imidazole rings is 1. The van der Waals surface area contributed by atoms with E-state index in [0.29, 0.717) is 5.11 Å². The first-order valence-corrected chi connectivity index (χ1v) is 6.76. The smallest absolute Gasteiger partial charge is 0.323 e. The Kier molecular flexibility index (Phi) is 4.03. The number of rotatable bonds is 3. The lowest BCUT2D eigenvalue weighted by Crippen LogP contribution is -2.29. The Balaban J connectivity index is 2.24. The van der Waals surface area contributed by atoms with Gasteiger partial charge in [0.25, 0.3) is 0 Å². The van der Waals surface area contributed by atoms with E-state index < -0.39 is 0 Å². The molecule has 2 rings (SSSR count). The van der Waals surface area contributed by atoms with Crippen LogP contribution >= 0.6 is 28.1 Å². The maximum atomic E-state index is 11.2. The summed E-state index contributed by atoms with van der Waals surface area (Å²) in [4.78, 5) is 16.6. The van der Waals surface area contributed by atoms with Crippen LogP contribution in [-0.2, 0) is 0 Å². The third kappa shape index (κ3) is 2.91. The van der Waals surface area contributed by atoms with Gasteiger partial charge in [0, 0.05) is 11.0 Å². The van der Waals surface area contributed by atoms with E-state index in [0.717, 1.165) is 34.2 Å². The van der Waals surface area contributed by atoms with Crippen molar-refractivity contribution in [3.63, 3.8) is 0 Å². The van der Waals surface area contributed by atoms with Gasteiger partial charge in [-0.05, 0) is 46.7 Å². The summed E-state index contributed by atoms with van der Waals surface area (Å²) >= 11 is 8.60. The first kappa shape index (κ1) is 13.1. The first-order valence-electron chi connectivity index (χ1n) is 5.56. The van der Waals surface area contributed by atoms with Crippen molar-refractivity contribution >= 4 is 50.0 Å². The molecule has 0 amide bonds. The Morgan fingerprint density at radius 1 is 1.39 bits per heavy atom. The zero-order valence-electron chi connectivity index (χ0n) is 9.76. The molecule has 1 aromatic heterocycles. The lowest BCUT2D eigenvalue weighted by molar-refractivity contribution is 0.846. The summed E-state index contributed by atoms with van der Waals surface area (Å²) in [5.74, 6) is 0. The van der Waals surface area contributed by atoms with E-state index in [1.165, 1.54) is 0 Å². The zero-order chi connectivity index (χ0) is 13.1. The number of fused-ring (bicyclic) bond motifs is 1. The highest BCUT2D eigenvalue weighted by molar-refractivity contribution is 9.10. The second-order valence-corrected chi connectivity index (χ2v) is 5.10. The second-order valence-electron chi connectivity index (χ2n) is 3.84. The van der Waals surface area contributed by atoms with Crippen LogP contribution in [0, 0.1) is 0 Å². The van der Waals surface area contributed by atoms with Crippen LogP contribution < -0.4 is 16.3 Å². The minimum absolute atomic E-state index is 0.222. The largest absolute Gasteiger partial charge is 0.362 e. The minimum atomic E-state index is -0.222. The molecule has 0 aliphatic rings. The summed E-state index contributed by atoms with van der Waals surface area (Å²) in [7, 11) is 0. The van der Waals surface area contributed by atoms with Crippen molar-refractivity contribution in [1.82, 2.24) is 15.3 Å². The van der Waals surface area contributed by atoms with Crippen LogP contribution in [0.25, 0.3) is 11.0 Å². The van der Waals surface area contributed by atoms with Crippen LogP contribution in [0.5, 0.6) is 0 Å². The summed E-state index contributed by atoms with van der Waals surface area (Å²) in [6.45, 7) is 2.90. The van der Waals surface area contributed by atoms with Crippen LogP contribution in [0.1, 0.15) is 13.3 Å². The van der Waals surface area contributed by atoms with Crippen molar-refractivity contribution < 1.29 is 0 Å². The molecule has 4 N–H and O–H groups in total. The number of hydrogen-bond acceptors (Lipinski definition) is 2. The molecule has 18 heavy (non-hydrogen) atoms. The van der Waals surface area contributed by atoms with Gasteiger partial charge in [0.2, 0.25) is 0 Å². The molecule has 0 aliphatic heterocycles. The van der Waals surface area contributed by atoms with Crippen LogP contribution in [-0.4, -0.2) is 21.6 Å². The van der Waals surface area contributed by atoms with Gasteiger partial charge in [0.1, 0.15) is 0 Å². The molecular weight excluding hydrogens is 316 g/mol. The van der Waals surface area contributed by atoms with Gasteiger partial charge in [-0.1, -0.05) is 6.92 Å². The van der Waals surface area contributed by atoms with Crippen molar-refractivity contribution in [3.8, 4) is 0 Å². The van der Waals surface area contributed by atoms with E-state index in [1.807, 2.05) is 12.1 Å². The molecule has 0 fully saturated rings. The zero-order valence-corrected chi connectivity index (χ0v) is 12.2. The predicted octanol–water partition coefficient (Wildman–Crippen LogP) is 2.32. The van der Waals surface area contributed by atoms with Crippen molar-refractivity contribution in [3.05, 3.63) is 27.1 Å². The quantitative estimate of drug-likeness (QED) is 0.652. The summed E-state index contributed by atoms with van der Waals surface area (Å²) in [5, 5.41) is 6.73. The van der Waals surface area contributed by atoms with E-state index >= 15 is 0 Å². The van der Waals surface area contributed by atoms with E-state index in [4.69, 9.17) is 12.2 Å². The van der Waals surface area contributed by atoms with Gasteiger partial charge in [0.05, 0.1) is 16.7 Å². The SMILES string of the molecule is CCCNC(=S)Nc1cc2[nH]c(=O)[nH]c2cc1Br. The van der Waals surface area contributed by atoms with Crippen LogP contribution in [0.15, 0.2) is 21.4 Å². The first-order chi connectivity index (χ1) is 8.60. The molecule has 0 radical (unpaired) electrons. The van der Waals surface area contributed by atoms with E-state index in [9.17, 15) is 4.79 Å². The molecule has 0 saturated carbocycles. The Hall–Kier alpha value is -1.34. The predicted molar refractivity (Wildman–Crippen MR) is 81.1 cm³/mol. The van der Waals surface area contributed by atoms with Gasteiger partial charge < -0.3 is 20.6 Å². The molecular formula is C11H13BrN4OS. The number of aromatic amines is 2. The Morgan fingerprint density at radius 3 is 2.72 bits per heavy atom. The number of H-pyrrole nitrogens is 2. The summed E-state index contributed by atoms with van der Waals surface area (Å²) in [6.07, 6.45) is 1.01. The fraction of sp³-hybridized carbons (Fsp3) is 0.273. The molecule has 1 heterocycles. The molecule has 5 nitrogen and oxygen atoms in total. The number of halogens is 1. The third-order valence-corrected chi connectivity index (χ3v) is 3.29. The normalized spacial score (nSPS) is 10.6. The molecule has 1 aromatic carbocycles. The number of aromatic nitrogens is 2. The number of hydrogen-bond donors (Lipinski definition) is 4. The lowest BCUT2D eigenvalue weighted by Gasteiger charge is -2.11. The number of benzene rings is 1. The second kappa shape index (κ2) is 5.53. The molecule has 0 spiro atoms. The Bertz CT molecular complexity index is 633. The van der Waals surface area contributed by atoms with Gasteiger partial charge >= 0.3 is 5.69 Å². The van der Waals surface area contributed by atoms with Crippen molar-refractivity contribution in [2.45, 2.75) is 13.3 Å². The molecule has 0 saturated heterocycles. The minimum Gasteiger partial charge on any atom is -0.362 e. The molecule has 7 heteroatoms. The molecule has 2 aromatic rings. The summed E-state index contributed by atoms with van der Waals surface area (Å²) in [6, 6.07) is 3.66. The van der Waals surface area contributed by atoms with Gasteiger partial charge in [0.15, 0.2) is 5.11 Å². The maximum Gasteiger partial charge on any atom is 0.323 e. The van der Waals surface area contributed by atoms with E-state index in [2.05, 4.69) is 43.5 Å². The molecule has 0 atom stereocenters. The average molecular weight is 329 g/mol. The third-order valence-electron chi connectivity index (χ3n) is 2.39. The van der Waals surface area contributed by atoms with Gasteiger partial charge in [-0.25, -0.2) is 4.79 Å². The average Bonchev–Trinajstić information content (AvgIpc) is 2.66. The molecule has 96 valence electrons. The molecule has 0 unspecified atom stereocenters. The maximum absolute atomic E-state index is 11.2. The summed E-state index contributed by atoms with van der Waals surface area (Å²) < 4.78 is 0.839. The van der Waals surface area contributed by atoms with E-state index in [1.54, 1.807) is 0 Å². The summed E-state index contributed by atoms with van der Waals surface area (Å²) in [5.41, 5.74) is 2.08. The van der Waals surface area contributed by atoms with E-state index in [-0.39, 0.29) is 5.69 Å². The van der Waals surface area contributed by atoms with Gasteiger partial charge in [-0.3, -0.25) is 0 Å². The van der Waals surface area contributed by atoms with Gasteiger partial charge in [-0.2, -0.15) is 0 Å². The standard InChI is InChI=1S/C11H13BrN4OS/c1-2-3-13-11(18)16-7-5-9-8(4-6(7)12)14-10(17)15-9/h4-5H,2-3H2,1H3,(H2,13,16,18)(H2,14,15,17). The van der Waals surface area contributed by atoms with Crippen molar-refractivity contribution in [1.29, 1.82) is 0 Å². The number of nitrogens with one attached hydrogen (secondary N) is 4. The molecule has 0 bridgehead atoms. The number of thiocarbonyl (C=S) groups is 1. The highest BCUT2D eigenvalue weighted by atomic mass is 79.9. The van der Waals surface area contributed by atoms with Crippen molar-refractivity contribution in [2.75, 3.05) is 11.9 Å². The van der Waals surface area contributed by atoms with Crippen molar-refractivity contribution in [2.24, 2.45) is 0 Å². The monoisotopic (exact) mass is 328 g/mol. The highest BCUT2D eigenvalue weighted by Gasteiger charge is 2.06. The molecule has 0 aliphatic carbocycles. The Morgan fingerprint density at radius 2 is 2.06 bits per heavy atom. The fourth-order valence-electron chi connectivity index (χ4n) is 1.56. The number of anilines is 1. The lowest BCUT2D eigenvalue weighted by atomic mass is 10.3. The topological polar surface area (TPSA) is 72.7 Å². The Labute approximate surface area is 117 Å². The highest BCUT2D eigenvalue weighted by Crippen LogP contribution is 2.26.